The number of hydrogen-bond acceptors (Lipinski definition) is 3. The summed E-state index contributed by atoms with van der Waals surface area (Å²) in [6.45, 7) is 4.13. The minimum absolute atomic E-state index is 0.0278. The second-order valence-electron chi connectivity index (χ2n) is 3.51. The summed E-state index contributed by atoms with van der Waals surface area (Å²) in [6.07, 6.45) is 0.327. The van der Waals surface area contributed by atoms with E-state index < -0.39 is 0 Å². The van der Waals surface area contributed by atoms with Crippen LogP contribution in [0.25, 0.3) is 0 Å². The van der Waals surface area contributed by atoms with Crippen LogP contribution in [-0.2, 0) is 4.79 Å². The second kappa shape index (κ2) is 2.71. The number of likely N-dealkylation sites (N-methyl/N-ethyl adjacent to an activating group) is 1. The molecule has 4 heteroatoms. The minimum atomic E-state index is -0.294. The van der Waals surface area contributed by atoms with Crippen LogP contribution in [0, 0.1) is 0 Å². The van der Waals surface area contributed by atoms with Crippen molar-refractivity contribution in [2.24, 2.45) is 0 Å². The summed E-state index contributed by atoms with van der Waals surface area (Å²) >= 11 is 0. The molecule has 2 aliphatic heterocycles. The Morgan fingerprint density at radius 3 is 3.00 bits per heavy atom. The summed E-state index contributed by atoms with van der Waals surface area (Å²) in [4.78, 5) is 15.4. The molecule has 0 spiro atoms. The first-order valence-corrected chi connectivity index (χ1v) is 4.43. The van der Waals surface area contributed by atoms with Gasteiger partial charge in [0.15, 0.2) is 0 Å². The van der Waals surface area contributed by atoms with E-state index in [0.29, 0.717) is 19.6 Å². The molecular weight excluding hydrogens is 156 g/mol. The molecule has 0 aromatic carbocycles. The van der Waals surface area contributed by atoms with Crippen molar-refractivity contribution in [3.05, 3.63) is 0 Å². The third kappa shape index (κ3) is 1.03. The lowest BCUT2D eigenvalue weighted by Gasteiger charge is -2.15. The van der Waals surface area contributed by atoms with Crippen molar-refractivity contribution in [1.29, 1.82) is 0 Å². The molecule has 2 rings (SSSR count). The van der Waals surface area contributed by atoms with Crippen LogP contribution in [0.5, 0.6) is 0 Å². The van der Waals surface area contributed by atoms with Gasteiger partial charge in [-0.25, -0.2) is 0 Å². The standard InChI is InChI=1S/C8H14N2O2/c1-2-9-5-10-4-6(11)3-7(10)8(9)12/h6-7,11H,2-5H2,1H3/t6-,7+/m1/s1. The maximum Gasteiger partial charge on any atom is 0.241 e. The van der Waals surface area contributed by atoms with Gasteiger partial charge in [0.05, 0.1) is 18.8 Å². The van der Waals surface area contributed by atoms with Gasteiger partial charge in [0.2, 0.25) is 5.91 Å². The molecular formula is C8H14N2O2. The van der Waals surface area contributed by atoms with E-state index in [1.807, 2.05) is 11.8 Å². The topological polar surface area (TPSA) is 43.8 Å². The smallest absolute Gasteiger partial charge is 0.241 e. The van der Waals surface area contributed by atoms with Crippen LogP contribution in [0.15, 0.2) is 0 Å². The van der Waals surface area contributed by atoms with E-state index in [-0.39, 0.29) is 18.1 Å². The Morgan fingerprint density at radius 1 is 1.67 bits per heavy atom. The zero-order chi connectivity index (χ0) is 8.72. The Labute approximate surface area is 71.8 Å². The fourth-order valence-electron chi connectivity index (χ4n) is 2.05. The molecule has 12 heavy (non-hydrogen) atoms. The second-order valence-corrected chi connectivity index (χ2v) is 3.51. The highest BCUT2D eigenvalue weighted by Gasteiger charge is 2.43. The quantitative estimate of drug-likeness (QED) is 0.562. The Balaban J connectivity index is 2.08. The largest absolute Gasteiger partial charge is 0.392 e. The molecule has 0 aromatic heterocycles. The Kier molecular flexibility index (Phi) is 1.81. The summed E-state index contributed by atoms with van der Waals surface area (Å²) in [5.41, 5.74) is 0. The van der Waals surface area contributed by atoms with Crippen molar-refractivity contribution in [3.8, 4) is 0 Å². The zero-order valence-electron chi connectivity index (χ0n) is 7.23. The zero-order valence-corrected chi connectivity index (χ0v) is 7.23. The van der Waals surface area contributed by atoms with Gasteiger partial charge in [0.25, 0.3) is 0 Å². The number of fused-ring (bicyclic) bond motifs is 1. The molecule has 0 radical (unpaired) electrons. The Hall–Kier alpha value is -0.610. The summed E-state index contributed by atoms with van der Waals surface area (Å²) in [6, 6.07) is -0.0278. The first kappa shape index (κ1) is 8.01. The van der Waals surface area contributed by atoms with Crippen LogP contribution in [0.3, 0.4) is 0 Å². The number of carbonyl (C=O) groups is 1. The minimum Gasteiger partial charge on any atom is -0.392 e. The highest BCUT2D eigenvalue weighted by Crippen LogP contribution is 2.25. The van der Waals surface area contributed by atoms with Gasteiger partial charge in [-0.15, -0.1) is 0 Å². The van der Waals surface area contributed by atoms with E-state index in [9.17, 15) is 9.90 Å². The van der Waals surface area contributed by atoms with Gasteiger partial charge >= 0.3 is 0 Å². The summed E-state index contributed by atoms with van der Waals surface area (Å²) < 4.78 is 0. The average molecular weight is 170 g/mol. The molecule has 0 saturated carbocycles. The van der Waals surface area contributed by atoms with E-state index >= 15 is 0 Å². The Bertz CT molecular complexity index is 207. The van der Waals surface area contributed by atoms with Crippen LogP contribution < -0.4 is 0 Å². The predicted octanol–water partition coefficient (Wildman–Crippen LogP) is -0.759. The van der Waals surface area contributed by atoms with Gasteiger partial charge in [-0.2, -0.15) is 0 Å². The van der Waals surface area contributed by atoms with Gasteiger partial charge in [-0.05, 0) is 13.3 Å². The first-order valence-electron chi connectivity index (χ1n) is 4.43. The average Bonchev–Trinajstić information content (AvgIpc) is 2.51. The van der Waals surface area contributed by atoms with E-state index in [1.165, 1.54) is 0 Å². The van der Waals surface area contributed by atoms with E-state index in [0.717, 1.165) is 6.54 Å². The van der Waals surface area contributed by atoms with Gasteiger partial charge < -0.3 is 10.0 Å². The number of carbonyl (C=O) groups excluding carboxylic acids is 1. The highest BCUT2D eigenvalue weighted by atomic mass is 16.3. The molecule has 4 nitrogen and oxygen atoms in total. The third-order valence-corrected chi connectivity index (χ3v) is 2.71. The number of amides is 1. The molecule has 1 N–H and O–H groups in total. The number of aliphatic hydroxyl groups is 1. The van der Waals surface area contributed by atoms with Crippen molar-refractivity contribution in [2.45, 2.75) is 25.5 Å². The lowest BCUT2D eigenvalue weighted by atomic mass is 10.2. The number of nitrogens with zero attached hydrogens (tertiary/aromatic N) is 2. The van der Waals surface area contributed by atoms with Gasteiger partial charge in [0.1, 0.15) is 0 Å². The summed E-state index contributed by atoms with van der Waals surface area (Å²) in [5, 5.41) is 9.30. The number of hydrogen-bond donors (Lipinski definition) is 1. The van der Waals surface area contributed by atoms with Crippen LogP contribution in [0.2, 0.25) is 0 Å². The van der Waals surface area contributed by atoms with Crippen LogP contribution in [-0.4, -0.2) is 52.7 Å². The molecule has 2 heterocycles. The van der Waals surface area contributed by atoms with Gasteiger partial charge in [-0.3, -0.25) is 9.69 Å². The van der Waals surface area contributed by atoms with Crippen LogP contribution >= 0.6 is 0 Å². The maximum absolute atomic E-state index is 11.5. The molecule has 68 valence electrons. The molecule has 0 aromatic rings. The fraction of sp³-hybridized carbons (Fsp3) is 0.875. The lowest BCUT2D eigenvalue weighted by molar-refractivity contribution is -0.129. The van der Waals surface area contributed by atoms with E-state index in [1.54, 1.807) is 0 Å². The SMILES string of the molecule is CCN1CN2C[C@H](O)C[C@H]2C1=O. The highest BCUT2D eigenvalue weighted by molar-refractivity contribution is 5.84. The Morgan fingerprint density at radius 2 is 2.42 bits per heavy atom. The van der Waals surface area contributed by atoms with Crippen molar-refractivity contribution < 1.29 is 9.90 Å². The van der Waals surface area contributed by atoms with Crippen molar-refractivity contribution in [1.82, 2.24) is 9.80 Å². The number of rotatable bonds is 1. The lowest BCUT2D eigenvalue weighted by Crippen LogP contribution is -2.30. The molecule has 0 unspecified atom stereocenters. The van der Waals surface area contributed by atoms with Crippen LogP contribution in [0.1, 0.15) is 13.3 Å². The molecule has 2 aliphatic rings. The summed E-state index contributed by atoms with van der Waals surface area (Å²) in [5.74, 6) is 0.189. The monoisotopic (exact) mass is 170 g/mol. The molecule has 2 atom stereocenters. The van der Waals surface area contributed by atoms with Gasteiger partial charge in [0, 0.05) is 13.1 Å². The predicted molar refractivity (Wildman–Crippen MR) is 43.4 cm³/mol. The fourth-order valence-corrected chi connectivity index (χ4v) is 2.05. The molecule has 1 amide bonds. The molecule has 0 aliphatic carbocycles. The maximum atomic E-state index is 11.5. The van der Waals surface area contributed by atoms with E-state index in [4.69, 9.17) is 0 Å². The van der Waals surface area contributed by atoms with Gasteiger partial charge in [-0.1, -0.05) is 0 Å². The molecule has 2 fully saturated rings. The van der Waals surface area contributed by atoms with Crippen LogP contribution in [0.4, 0.5) is 0 Å². The van der Waals surface area contributed by atoms with Crippen molar-refractivity contribution in [3.63, 3.8) is 0 Å². The van der Waals surface area contributed by atoms with Crippen molar-refractivity contribution >= 4 is 5.91 Å². The summed E-state index contributed by atoms with van der Waals surface area (Å²) in [7, 11) is 0. The van der Waals surface area contributed by atoms with Crippen molar-refractivity contribution in [2.75, 3.05) is 19.8 Å². The normalized spacial score (nSPS) is 36.2. The third-order valence-electron chi connectivity index (χ3n) is 2.71. The first-order chi connectivity index (χ1) is 5.72. The molecule has 2 saturated heterocycles. The van der Waals surface area contributed by atoms with E-state index in [2.05, 4.69) is 4.90 Å². The molecule has 0 bridgehead atoms. The number of aliphatic hydroxyl groups excluding tert-OH is 1.